The van der Waals surface area contributed by atoms with E-state index in [1.165, 1.54) is 23.9 Å². The number of hydrogen-bond acceptors (Lipinski definition) is 6. The number of benzene rings is 1. The summed E-state index contributed by atoms with van der Waals surface area (Å²) >= 11 is 0. The lowest BCUT2D eigenvalue weighted by molar-refractivity contribution is 0.0914. The van der Waals surface area contributed by atoms with E-state index in [1.54, 1.807) is 13.0 Å². The summed E-state index contributed by atoms with van der Waals surface area (Å²) in [6.07, 6.45) is 1.26. The number of carbonyl (C=O) groups excluding carboxylic acids is 1. The van der Waals surface area contributed by atoms with E-state index in [0.717, 1.165) is 12.1 Å². The highest BCUT2D eigenvalue weighted by Gasteiger charge is 2.26. The number of pyridine rings is 1. The SMILES string of the molecule is CCS(=O)(=O)c1ccc([C@H](CO)NC(=O)c2ccc3c(c2)CNC3C(C)C)nc1. The van der Waals surface area contributed by atoms with Crippen LogP contribution in [0, 0.1) is 5.92 Å². The topological polar surface area (TPSA) is 108 Å². The van der Waals surface area contributed by atoms with Crippen molar-refractivity contribution >= 4 is 15.7 Å². The van der Waals surface area contributed by atoms with Gasteiger partial charge in [0.05, 0.1) is 29.0 Å². The van der Waals surface area contributed by atoms with E-state index in [4.69, 9.17) is 0 Å². The third-order valence-electron chi connectivity index (χ3n) is 5.26. The highest BCUT2D eigenvalue weighted by molar-refractivity contribution is 7.91. The van der Waals surface area contributed by atoms with E-state index in [1.807, 2.05) is 12.1 Å². The lowest BCUT2D eigenvalue weighted by Gasteiger charge is -2.18. The summed E-state index contributed by atoms with van der Waals surface area (Å²) in [6.45, 7) is 6.25. The molecule has 29 heavy (non-hydrogen) atoms. The second-order valence-electron chi connectivity index (χ2n) is 7.55. The summed E-state index contributed by atoms with van der Waals surface area (Å²) in [7, 11) is -3.35. The van der Waals surface area contributed by atoms with Gasteiger partial charge < -0.3 is 15.7 Å². The lowest BCUT2D eigenvalue weighted by Crippen LogP contribution is -2.31. The van der Waals surface area contributed by atoms with Crippen molar-refractivity contribution in [3.8, 4) is 0 Å². The molecule has 1 aliphatic heterocycles. The van der Waals surface area contributed by atoms with Crippen LogP contribution in [0.2, 0.25) is 0 Å². The Kier molecular flexibility index (Phi) is 6.36. The Morgan fingerprint density at radius 3 is 2.66 bits per heavy atom. The number of aliphatic hydroxyl groups excluding tert-OH is 1. The quantitative estimate of drug-likeness (QED) is 0.637. The third-order valence-corrected chi connectivity index (χ3v) is 6.98. The maximum absolute atomic E-state index is 12.7. The van der Waals surface area contributed by atoms with Crippen molar-refractivity contribution in [1.29, 1.82) is 0 Å². The number of fused-ring (bicyclic) bond motifs is 1. The van der Waals surface area contributed by atoms with Crippen molar-refractivity contribution < 1.29 is 18.3 Å². The first-order chi connectivity index (χ1) is 13.8. The Balaban J connectivity index is 1.75. The Morgan fingerprint density at radius 2 is 2.07 bits per heavy atom. The Bertz CT molecular complexity index is 987. The minimum Gasteiger partial charge on any atom is -0.394 e. The highest BCUT2D eigenvalue weighted by atomic mass is 32.2. The van der Waals surface area contributed by atoms with Gasteiger partial charge in [0.2, 0.25) is 0 Å². The van der Waals surface area contributed by atoms with Gasteiger partial charge in [-0.15, -0.1) is 0 Å². The number of sulfone groups is 1. The lowest BCUT2D eigenvalue weighted by atomic mass is 9.95. The number of carbonyl (C=O) groups is 1. The molecule has 1 aromatic carbocycles. The standard InChI is InChI=1S/C21H27N3O4S/c1-4-29(27,28)16-6-8-18(22-11-16)19(12-25)24-21(26)14-5-7-17-15(9-14)10-23-20(17)13(2)3/h5-9,11,13,19-20,23,25H,4,10,12H2,1-3H3,(H,24,26)/t19-,20?/m0/s1. The monoisotopic (exact) mass is 417 g/mol. The average molecular weight is 418 g/mol. The van der Waals surface area contributed by atoms with Gasteiger partial charge in [-0.3, -0.25) is 9.78 Å². The van der Waals surface area contributed by atoms with E-state index in [0.29, 0.717) is 17.2 Å². The van der Waals surface area contributed by atoms with E-state index in [2.05, 4.69) is 29.5 Å². The molecular formula is C21H27N3O4S. The first kappa shape index (κ1) is 21.4. The molecule has 0 fully saturated rings. The van der Waals surface area contributed by atoms with Crippen LogP contribution < -0.4 is 10.6 Å². The van der Waals surface area contributed by atoms with Gasteiger partial charge in [0.15, 0.2) is 9.84 Å². The summed E-state index contributed by atoms with van der Waals surface area (Å²) in [5.41, 5.74) is 3.23. The van der Waals surface area contributed by atoms with E-state index < -0.39 is 15.9 Å². The van der Waals surface area contributed by atoms with Gasteiger partial charge >= 0.3 is 0 Å². The molecule has 0 radical (unpaired) electrons. The number of nitrogens with one attached hydrogen (secondary N) is 2. The van der Waals surface area contributed by atoms with Crippen molar-refractivity contribution in [3.63, 3.8) is 0 Å². The average Bonchev–Trinajstić information content (AvgIpc) is 3.15. The molecule has 0 bridgehead atoms. The van der Waals surface area contributed by atoms with Crippen LogP contribution in [0.25, 0.3) is 0 Å². The molecule has 1 unspecified atom stereocenters. The predicted molar refractivity (Wildman–Crippen MR) is 110 cm³/mol. The molecule has 2 heterocycles. The second-order valence-corrected chi connectivity index (χ2v) is 9.83. The van der Waals surface area contributed by atoms with Gasteiger partial charge in [-0.25, -0.2) is 8.42 Å². The largest absolute Gasteiger partial charge is 0.394 e. The molecule has 8 heteroatoms. The summed E-state index contributed by atoms with van der Waals surface area (Å²) in [6, 6.07) is 8.16. The molecule has 1 aliphatic rings. The number of hydrogen-bond donors (Lipinski definition) is 3. The fourth-order valence-corrected chi connectivity index (χ4v) is 4.35. The number of nitrogens with zero attached hydrogens (tertiary/aromatic N) is 1. The summed E-state index contributed by atoms with van der Waals surface area (Å²) in [5, 5.41) is 16.0. The van der Waals surface area contributed by atoms with E-state index in [9.17, 15) is 18.3 Å². The smallest absolute Gasteiger partial charge is 0.251 e. The number of aliphatic hydroxyl groups is 1. The molecule has 1 aromatic heterocycles. The van der Waals surface area contributed by atoms with Gasteiger partial charge in [0.25, 0.3) is 5.91 Å². The summed E-state index contributed by atoms with van der Waals surface area (Å²) in [4.78, 5) is 17.0. The molecule has 0 saturated carbocycles. The van der Waals surface area contributed by atoms with Crippen molar-refractivity contribution in [2.24, 2.45) is 5.92 Å². The van der Waals surface area contributed by atoms with Gasteiger partial charge in [-0.1, -0.05) is 26.8 Å². The van der Waals surface area contributed by atoms with Gasteiger partial charge in [0.1, 0.15) is 0 Å². The molecule has 2 aromatic rings. The zero-order valence-corrected chi connectivity index (χ0v) is 17.7. The van der Waals surface area contributed by atoms with Crippen LogP contribution in [-0.4, -0.2) is 36.8 Å². The molecule has 0 aliphatic carbocycles. The Labute approximate surface area is 171 Å². The van der Waals surface area contributed by atoms with Gasteiger partial charge in [-0.05, 0) is 41.3 Å². The van der Waals surface area contributed by atoms with Crippen LogP contribution in [0.5, 0.6) is 0 Å². The zero-order valence-electron chi connectivity index (χ0n) is 16.8. The predicted octanol–water partition coefficient (Wildman–Crippen LogP) is 2.14. The second kappa shape index (κ2) is 8.61. The molecule has 0 saturated heterocycles. The highest BCUT2D eigenvalue weighted by Crippen LogP contribution is 2.31. The van der Waals surface area contributed by atoms with E-state index >= 15 is 0 Å². The summed E-state index contributed by atoms with van der Waals surface area (Å²) < 4.78 is 23.8. The van der Waals surface area contributed by atoms with E-state index in [-0.39, 0.29) is 29.2 Å². The molecular weight excluding hydrogens is 390 g/mol. The molecule has 2 atom stereocenters. The number of aromatic nitrogens is 1. The Hall–Kier alpha value is -2.29. The maximum Gasteiger partial charge on any atom is 0.251 e. The van der Waals surface area contributed by atoms with Crippen LogP contribution in [0.4, 0.5) is 0 Å². The van der Waals surface area contributed by atoms with Crippen molar-refractivity contribution in [2.45, 2.75) is 44.3 Å². The third kappa shape index (κ3) is 4.49. The van der Waals surface area contributed by atoms with Crippen molar-refractivity contribution in [2.75, 3.05) is 12.4 Å². The molecule has 0 spiro atoms. The number of rotatable bonds is 7. The first-order valence-electron chi connectivity index (χ1n) is 9.73. The van der Waals surface area contributed by atoms with Gasteiger partial charge in [0, 0.05) is 24.3 Å². The van der Waals surface area contributed by atoms with Crippen LogP contribution in [0.1, 0.15) is 60.0 Å². The van der Waals surface area contributed by atoms with Gasteiger partial charge in [-0.2, -0.15) is 0 Å². The van der Waals surface area contributed by atoms with Crippen molar-refractivity contribution in [3.05, 3.63) is 58.9 Å². The van der Waals surface area contributed by atoms with Crippen LogP contribution in [0.3, 0.4) is 0 Å². The molecule has 3 rings (SSSR count). The molecule has 1 amide bonds. The fourth-order valence-electron chi connectivity index (χ4n) is 3.53. The Morgan fingerprint density at radius 1 is 1.31 bits per heavy atom. The first-order valence-corrected chi connectivity index (χ1v) is 11.4. The molecule has 3 N–H and O–H groups in total. The number of amides is 1. The van der Waals surface area contributed by atoms with Crippen LogP contribution in [-0.2, 0) is 16.4 Å². The normalized spacial score (nSPS) is 17.2. The maximum atomic E-state index is 12.7. The minimum absolute atomic E-state index is 0.0148. The molecule has 156 valence electrons. The summed E-state index contributed by atoms with van der Waals surface area (Å²) in [5.74, 6) is 0.131. The van der Waals surface area contributed by atoms with Crippen molar-refractivity contribution in [1.82, 2.24) is 15.6 Å². The van der Waals surface area contributed by atoms with Crippen LogP contribution >= 0.6 is 0 Å². The zero-order chi connectivity index (χ0) is 21.2. The van der Waals surface area contributed by atoms with Crippen LogP contribution in [0.15, 0.2) is 41.4 Å². The minimum atomic E-state index is -3.35. The fraction of sp³-hybridized carbons (Fsp3) is 0.429. The molecule has 7 nitrogen and oxygen atoms in total.